The maximum Gasteiger partial charge on any atom is 0.251 e. The molecular formula is C12H15ClFNO2. The number of hydrogen-bond donors (Lipinski definition) is 2. The Labute approximate surface area is 105 Å². The van der Waals surface area contributed by atoms with Crippen molar-refractivity contribution in [2.75, 3.05) is 0 Å². The molecule has 94 valence electrons. The van der Waals surface area contributed by atoms with Gasteiger partial charge in [0.15, 0.2) is 0 Å². The first-order valence-corrected chi connectivity index (χ1v) is 5.72. The van der Waals surface area contributed by atoms with Crippen molar-refractivity contribution in [2.24, 2.45) is 0 Å². The zero-order valence-corrected chi connectivity index (χ0v) is 10.5. The van der Waals surface area contributed by atoms with E-state index < -0.39 is 11.9 Å². The van der Waals surface area contributed by atoms with Crippen LogP contribution in [0.5, 0.6) is 0 Å². The van der Waals surface area contributed by atoms with Crippen LogP contribution in [0.1, 0.15) is 30.6 Å². The summed E-state index contributed by atoms with van der Waals surface area (Å²) >= 11 is 5.52. The Morgan fingerprint density at radius 1 is 1.53 bits per heavy atom. The van der Waals surface area contributed by atoms with Crippen LogP contribution in [0.2, 0.25) is 5.02 Å². The lowest BCUT2D eigenvalue weighted by molar-refractivity contribution is 0.0922. The van der Waals surface area contributed by atoms with Gasteiger partial charge in [0.25, 0.3) is 5.91 Å². The van der Waals surface area contributed by atoms with E-state index in [2.05, 4.69) is 5.32 Å². The molecule has 0 aliphatic rings. The summed E-state index contributed by atoms with van der Waals surface area (Å²) in [6, 6.07) is 3.70. The van der Waals surface area contributed by atoms with E-state index >= 15 is 0 Å². The number of rotatable bonds is 4. The molecule has 2 N–H and O–H groups in total. The van der Waals surface area contributed by atoms with Crippen molar-refractivity contribution in [2.45, 2.75) is 32.4 Å². The first kappa shape index (κ1) is 13.9. The minimum atomic E-state index is -0.623. The molecule has 0 fully saturated rings. The number of aliphatic hydroxyl groups excluding tert-OH is 1. The molecule has 0 aliphatic heterocycles. The topological polar surface area (TPSA) is 49.3 Å². The molecule has 0 saturated heterocycles. The summed E-state index contributed by atoms with van der Waals surface area (Å²) in [5.74, 6) is -1.00. The van der Waals surface area contributed by atoms with Gasteiger partial charge >= 0.3 is 0 Å². The van der Waals surface area contributed by atoms with Crippen molar-refractivity contribution >= 4 is 17.5 Å². The molecule has 0 heterocycles. The van der Waals surface area contributed by atoms with Crippen LogP contribution in [0.3, 0.4) is 0 Å². The molecule has 0 radical (unpaired) electrons. The molecule has 1 aromatic carbocycles. The number of benzene rings is 1. The lowest BCUT2D eigenvalue weighted by Crippen LogP contribution is -2.34. The van der Waals surface area contributed by atoms with Gasteiger partial charge in [0.2, 0.25) is 0 Å². The maximum atomic E-state index is 13.1. The van der Waals surface area contributed by atoms with E-state index in [0.717, 1.165) is 6.07 Å². The molecule has 0 aliphatic carbocycles. The van der Waals surface area contributed by atoms with E-state index in [1.54, 1.807) is 13.8 Å². The van der Waals surface area contributed by atoms with Crippen molar-refractivity contribution in [1.29, 1.82) is 0 Å². The molecule has 5 heteroatoms. The van der Waals surface area contributed by atoms with Crippen LogP contribution in [0.4, 0.5) is 4.39 Å². The minimum Gasteiger partial charge on any atom is -0.393 e. The Morgan fingerprint density at radius 2 is 2.18 bits per heavy atom. The van der Waals surface area contributed by atoms with E-state index in [-0.39, 0.29) is 22.5 Å². The second-order valence-corrected chi connectivity index (χ2v) is 4.50. The predicted molar refractivity (Wildman–Crippen MR) is 64.6 cm³/mol. The van der Waals surface area contributed by atoms with E-state index in [1.807, 2.05) is 0 Å². The lowest BCUT2D eigenvalue weighted by Gasteiger charge is -2.15. The summed E-state index contributed by atoms with van der Waals surface area (Å²) in [5.41, 5.74) is 0.212. The van der Waals surface area contributed by atoms with Crippen LogP contribution >= 0.6 is 11.6 Å². The van der Waals surface area contributed by atoms with Crippen LogP contribution in [-0.2, 0) is 0 Å². The molecule has 17 heavy (non-hydrogen) atoms. The number of carbonyl (C=O) groups excluding carboxylic acids is 1. The number of amides is 1. The Hall–Kier alpha value is -1.13. The van der Waals surface area contributed by atoms with Crippen LogP contribution in [-0.4, -0.2) is 23.2 Å². The van der Waals surface area contributed by atoms with Crippen LogP contribution in [0.15, 0.2) is 18.2 Å². The summed E-state index contributed by atoms with van der Waals surface area (Å²) in [4.78, 5) is 11.7. The third kappa shape index (κ3) is 4.32. The average Bonchev–Trinajstić information content (AvgIpc) is 2.20. The molecule has 2 atom stereocenters. The fourth-order valence-corrected chi connectivity index (χ4v) is 1.63. The highest BCUT2D eigenvalue weighted by Crippen LogP contribution is 2.15. The largest absolute Gasteiger partial charge is 0.393 e. The Morgan fingerprint density at radius 3 is 2.71 bits per heavy atom. The Kier molecular flexibility index (Phi) is 4.90. The van der Waals surface area contributed by atoms with Crippen molar-refractivity contribution in [1.82, 2.24) is 5.32 Å². The summed E-state index contributed by atoms with van der Waals surface area (Å²) in [6.07, 6.45) is -0.0470. The summed E-state index contributed by atoms with van der Waals surface area (Å²) in [5, 5.41) is 11.8. The minimum absolute atomic E-state index is 0.0152. The second kappa shape index (κ2) is 5.98. The predicted octanol–water partition coefficient (Wildman–Crippen LogP) is 2.37. The first-order chi connectivity index (χ1) is 7.90. The SMILES string of the molecule is CC(O)CC(C)NC(=O)c1ccc(Cl)c(F)c1. The van der Waals surface area contributed by atoms with E-state index in [4.69, 9.17) is 16.7 Å². The highest BCUT2D eigenvalue weighted by Gasteiger charge is 2.13. The second-order valence-electron chi connectivity index (χ2n) is 4.09. The molecule has 0 saturated carbocycles. The third-order valence-electron chi connectivity index (χ3n) is 2.25. The number of nitrogens with one attached hydrogen (secondary N) is 1. The zero-order valence-electron chi connectivity index (χ0n) is 9.71. The average molecular weight is 260 g/mol. The zero-order chi connectivity index (χ0) is 13.0. The van der Waals surface area contributed by atoms with Crippen molar-refractivity contribution < 1.29 is 14.3 Å². The summed E-state index contributed by atoms with van der Waals surface area (Å²) in [7, 11) is 0. The van der Waals surface area contributed by atoms with Gasteiger partial charge in [0.05, 0.1) is 11.1 Å². The molecule has 1 aromatic rings. The molecule has 1 rings (SSSR count). The Bertz CT molecular complexity index is 409. The number of aliphatic hydroxyl groups is 1. The van der Waals surface area contributed by atoms with E-state index in [9.17, 15) is 9.18 Å². The van der Waals surface area contributed by atoms with Gasteiger partial charge in [-0.15, -0.1) is 0 Å². The normalized spacial score (nSPS) is 14.2. The van der Waals surface area contributed by atoms with Gasteiger partial charge in [-0.2, -0.15) is 0 Å². The van der Waals surface area contributed by atoms with Gasteiger partial charge in [-0.05, 0) is 38.5 Å². The molecule has 1 amide bonds. The highest BCUT2D eigenvalue weighted by molar-refractivity contribution is 6.30. The van der Waals surface area contributed by atoms with Gasteiger partial charge in [-0.3, -0.25) is 4.79 Å². The molecule has 2 unspecified atom stereocenters. The van der Waals surface area contributed by atoms with Crippen LogP contribution in [0.25, 0.3) is 0 Å². The first-order valence-electron chi connectivity index (χ1n) is 5.34. The quantitative estimate of drug-likeness (QED) is 0.872. The number of halogens is 2. The highest BCUT2D eigenvalue weighted by atomic mass is 35.5. The fraction of sp³-hybridized carbons (Fsp3) is 0.417. The van der Waals surface area contributed by atoms with Gasteiger partial charge < -0.3 is 10.4 Å². The summed E-state index contributed by atoms with van der Waals surface area (Å²) in [6.45, 7) is 3.42. The molecule has 0 bridgehead atoms. The molecule has 0 aromatic heterocycles. The van der Waals surface area contributed by atoms with Crippen molar-refractivity contribution in [3.05, 3.63) is 34.6 Å². The van der Waals surface area contributed by atoms with Crippen LogP contribution in [0, 0.1) is 5.82 Å². The molecule has 0 spiro atoms. The molecular weight excluding hydrogens is 245 g/mol. The maximum absolute atomic E-state index is 13.1. The fourth-order valence-electron chi connectivity index (χ4n) is 1.52. The summed E-state index contributed by atoms with van der Waals surface area (Å²) < 4.78 is 13.1. The van der Waals surface area contributed by atoms with Gasteiger partial charge in [0.1, 0.15) is 5.82 Å². The lowest BCUT2D eigenvalue weighted by atomic mass is 10.1. The standard InChI is InChI=1S/C12H15ClFNO2/c1-7(5-8(2)16)15-12(17)9-3-4-10(13)11(14)6-9/h3-4,6-8,16H,5H2,1-2H3,(H,15,17). The van der Waals surface area contributed by atoms with Crippen LogP contribution < -0.4 is 5.32 Å². The van der Waals surface area contributed by atoms with Crippen molar-refractivity contribution in [3.8, 4) is 0 Å². The Balaban J connectivity index is 2.66. The van der Waals surface area contributed by atoms with Gasteiger partial charge in [0, 0.05) is 11.6 Å². The van der Waals surface area contributed by atoms with Crippen molar-refractivity contribution in [3.63, 3.8) is 0 Å². The smallest absolute Gasteiger partial charge is 0.251 e. The number of hydrogen-bond acceptors (Lipinski definition) is 2. The number of carbonyl (C=O) groups is 1. The third-order valence-corrected chi connectivity index (χ3v) is 2.56. The van der Waals surface area contributed by atoms with Gasteiger partial charge in [-0.25, -0.2) is 4.39 Å². The van der Waals surface area contributed by atoms with E-state index in [1.165, 1.54) is 12.1 Å². The molecule has 3 nitrogen and oxygen atoms in total. The van der Waals surface area contributed by atoms with Gasteiger partial charge in [-0.1, -0.05) is 11.6 Å². The monoisotopic (exact) mass is 259 g/mol. The van der Waals surface area contributed by atoms with E-state index in [0.29, 0.717) is 6.42 Å².